The van der Waals surface area contributed by atoms with Crippen LogP contribution in [0, 0.1) is 0 Å². The molecule has 0 aromatic rings. The van der Waals surface area contributed by atoms with Crippen molar-refractivity contribution in [3.8, 4) is 0 Å². The molecule has 0 aromatic heterocycles. The monoisotopic (exact) mass is 242 g/mol. The van der Waals surface area contributed by atoms with Gasteiger partial charge in [0, 0.05) is 5.54 Å². The van der Waals surface area contributed by atoms with Crippen molar-refractivity contribution >= 4 is 6.09 Å². The Balaban J connectivity index is 2.57. The zero-order chi connectivity index (χ0) is 12.9. The molecule has 0 radical (unpaired) electrons. The van der Waals surface area contributed by atoms with Crippen LogP contribution in [0.15, 0.2) is 0 Å². The van der Waals surface area contributed by atoms with E-state index < -0.39 is 5.60 Å². The summed E-state index contributed by atoms with van der Waals surface area (Å²) in [6.07, 6.45) is 3.79. The van der Waals surface area contributed by atoms with Gasteiger partial charge < -0.3 is 15.4 Å². The zero-order valence-electron chi connectivity index (χ0n) is 11.6. The summed E-state index contributed by atoms with van der Waals surface area (Å²) >= 11 is 0. The van der Waals surface area contributed by atoms with E-state index in [1.807, 2.05) is 20.8 Å². The first kappa shape index (κ1) is 14.3. The average Bonchev–Trinajstić information content (AvgIpc) is 2.15. The number of amides is 1. The highest BCUT2D eigenvalue weighted by molar-refractivity contribution is 5.68. The molecule has 4 nitrogen and oxygen atoms in total. The molecule has 1 heterocycles. The fourth-order valence-corrected chi connectivity index (χ4v) is 2.34. The standard InChI is InChI=1S/C13H26N2O2/c1-5-6-13(7-9-14-10-8-13)15-11(16)17-12(2,3)4/h14H,5-10H2,1-4H3,(H,15,16). The highest BCUT2D eigenvalue weighted by Crippen LogP contribution is 2.24. The van der Waals surface area contributed by atoms with E-state index in [-0.39, 0.29) is 11.6 Å². The van der Waals surface area contributed by atoms with Gasteiger partial charge in [-0.05, 0) is 53.1 Å². The van der Waals surface area contributed by atoms with E-state index in [1.54, 1.807) is 0 Å². The number of hydrogen-bond donors (Lipinski definition) is 2. The number of hydrogen-bond acceptors (Lipinski definition) is 3. The number of carbonyl (C=O) groups excluding carboxylic acids is 1. The first-order valence-corrected chi connectivity index (χ1v) is 6.59. The highest BCUT2D eigenvalue weighted by atomic mass is 16.6. The van der Waals surface area contributed by atoms with Crippen molar-refractivity contribution in [1.29, 1.82) is 0 Å². The molecule has 1 aliphatic rings. The van der Waals surface area contributed by atoms with Crippen LogP contribution in [-0.4, -0.2) is 30.3 Å². The molecule has 0 aliphatic carbocycles. The van der Waals surface area contributed by atoms with Gasteiger partial charge in [-0.25, -0.2) is 4.79 Å². The van der Waals surface area contributed by atoms with Crippen molar-refractivity contribution < 1.29 is 9.53 Å². The predicted octanol–water partition coefficient (Wildman–Crippen LogP) is 2.43. The summed E-state index contributed by atoms with van der Waals surface area (Å²) in [4.78, 5) is 11.9. The second-order valence-electron chi connectivity index (χ2n) is 5.91. The van der Waals surface area contributed by atoms with Crippen molar-refractivity contribution in [2.75, 3.05) is 13.1 Å². The van der Waals surface area contributed by atoms with Gasteiger partial charge in [0.2, 0.25) is 0 Å². The molecule has 100 valence electrons. The Labute approximate surface area is 104 Å². The molecule has 0 saturated carbocycles. The minimum Gasteiger partial charge on any atom is -0.444 e. The summed E-state index contributed by atoms with van der Waals surface area (Å²) in [5.41, 5.74) is -0.493. The zero-order valence-corrected chi connectivity index (χ0v) is 11.6. The van der Waals surface area contributed by atoms with E-state index in [1.165, 1.54) is 0 Å². The van der Waals surface area contributed by atoms with E-state index in [0.717, 1.165) is 38.8 Å². The molecule has 17 heavy (non-hydrogen) atoms. The molecule has 1 amide bonds. The highest BCUT2D eigenvalue weighted by Gasteiger charge is 2.34. The Morgan fingerprint density at radius 2 is 1.94 bits per heavy atom. The average molecular weight is 242 g/mol. The number of nitrogens with one attached hydrogen (secondary N) is 2. The van der Waals surface area contributed by atoms with E-state index in [4.69, 9.17) is 4.74 Å². The van der Waals surface area contributed by atoms with Crippen LogP contribution in [0.1, 0.15) is 53.4 Å². The van der Waals surface area contributed by atoms with E-state index >= 15 is 0 Å². The Morgan fingerprint density at radius 3 is 2.41 bits per heavy atom. The van der Waals surface area contributed by atoms with E-state index in [2.05, 4.69) is 17.6 Å². The van der Waals surface area contributed by atoms with Gasteiger partial charge in [0.1, 0.15) is 5.60 Å². The van der Waals surface area contributed by atoms with Gasteiger partial charge in [0.05, 0.1) is 0 Å². The maximum Gasteiger partial charge on any atom is 0.408 e. The van der Waals surface area contributed by atoms with E-state index in [0.29, 0.717) is 0 Å². The van der Waals surface area contributed by atoms with Crippen molar-refractivity contribution in [3.05, 3.63) is 0 Å². The number of piperidine rings is 1. The minimum absolute atomic E-state index is 0.0671. The first-order chi connectivity index (χ1) is 7.87. The molecule has 0 bridgehead atoms. The van der Waals surface area contributed by atoms with Gasteiger partial charge in [0.15, 0.2) is 0 Å². The maximum absolute atomic E-state index is 11.9. The molecule has 0 spiro atoms. The molecule has 1 saturated heterocycles. The molecule has 1 fully saturated rings. The first-order valence-electron chi connectivity index (χ1n) is 6.59. The molecule has 0 atom stereocenters. The third kappa shape index (κ3) is 4.94. The predicted molar refractivity (Wildman–Crippen MR) is 69.1 cm³/mol. The SMILES string of the molecule is CCCC1(NC(=O)OC(C)(C)C)CCNCC1. The summed E-state index contributed by atoms with van der Waals surface area (Å²) in [5.74, 6) is 0. The quantitative estimate of drug-likeness (QED) is 0.799. The van der Waals surface area contributed by atoms with E-state index in [9.17, 15) is 4.79 Å². The van der Waals surface area contributed by atoms with Crippen LogP contribution < -0.4 is 10.6 Å². The summed E-state index contributed by atoms with van der Waals surface area (Å²) < 4.78 is 5.34. The molecule has 0 aromatic carbocycles. The van der Waals surface area contributed by atoms with Crippen molar-refractivity contribution in [2.45, 2.75) is 64.5 Å². The fourth-order valence-electron chi connectivity index (χ4n) is 2.34. The molecule has 1 rings (SSSR count). The van der Waals surface area contributed by atoms with Crippen LogP contribution in [0.2, 0.25) is 0 Å². The molecule has 0 unspecified atom stereocenters. The van der Waals surface area contributed by atoms with Gasteiger partial charge in [0.25, 0.3) is 0 Å². The maximum atomic E-state index is 11.9. The minimum atomic E-state index is -0.426. The molecule has 1 aliphatic heterocycles. The number of ether oxygens (including phenoxy) is 1. The lowest BCUT2D eigenvalue weighted by molar-refractivity contribution is 0.0421. The van der Waals surface area contributed by atoms with Crippen LogP contribution in [0.4, 0.5) is 4.79 Å². The summed E-state index contributed by atoms with van der Waals surface area (Å²) in [6, 6.07) is 0. The third-order valence-electron chi connectivity index (χ3n) is 3.06. The second kappa shape index (κ2) is 5.71. The third-order valence-corrected chi connectivity index (χ3v) is 3.06. The Morgan fingerprint density at radius 1 is 1.35 bits per heavy atom. The molecule has 4 heteroatoms. The number of carbonyl (C=O) groups is 1. The summed E-state index contributed by atoms with van der Waals surface area (Å²) in [6.45, 7) is 9.76. The van der Waals surface area contributed by atoms with Crippen LogP contribution in [-0.2, 0) is 4.74 Å². The van der Waals surface area contributed by atoms with Crippen molar-refractivity contribution in [3.63, 3.8) is 0 Å². The fraction of sp³-hybridized carbons (Fsp3) is 0.923. The van der Waals surface area contributed by atoms with Gasteiger partial charge >= 0.3 is 6.09 Å². The summed E-state index contributed by atoms with van der Waals surface area (Å²) in [5, 5.41) is 6.42. The topological polar surface area (TPSA) is 50.4 Å². The molecular formula is C13H26N2O2. The molecular weight excluding hydrogens is 216 g/mol. The lowest BCUT2D eigenvalue weighted by Gasteiger charge is -2.38. The normalized spacial score (nSPS) is 19.8. The lowest BCUT2D eigenvalue weighted by Crippen LogP contribution is -2.55. The van der Waals surface area contributed by atoms with Gasteiger partial charge in [-0.3, -0.25) is 0 Å². The molecule has 2 N–H and O–H groups in total. The van der Waals surface area contributed by atoms with Crippen LogP contribution in [0.3, 0.4) is 0 Å². The Hall–Kier alpha value is -0.770. The van der Waals surface area contributed by atoms with Gasteiger partial charge in [-0.1, -0.05) is 13.3 Å². The number of rotatable bonds is 3. The second-order valence-corrected chi connectivity index (χ2v) is 5.91. The largest absolute Gasteiger partial charge is 0.444 e. The van der Waals surface area contributed by atoms with Gasteiger partial charge in [-0.2, -0.15) is 0 Å². The Kier molecular flexibility index (Phi) is 4.80. The smallest absolute Gasteiger partial charge is 0.408 e. The van der Waals surface area contributed by atoms with Crippen LogP contribution in [0.25, 0.3) is 0 Å². The van der Waals surface area contributed by atoms with Crippen LogP contribution >= 0.6 is 0 Å². The van der Waals surface area contributed by atoms with Crippen LogP contribution in [0.5, 0.6) is 0 Å². The van der Waals surface area contributed by atoms with Gasteiger partial charge in [-0.15, -0.1) is 0 Å². The number of alkyl carbamates (subject to hydrolysis) is 1. The summed E-state index contributed by atoms with van der Waals surface area (Å²) in [7, 11) is 0. The Bertz CT molecular complexity index is 247. The lowest BCUT2D eigenvalue weighted by atomic mass is 9.84. The van der Waals surface area contributed by atoms with Crippen molar-refractivity contribution in [2.24, 2.45) is 0 Å². The van der Waals surface area contributed by atoms with Crippen molar-refractivity contribution in [1.82, 2.24) is 10.6 Å².